The number of para-hydroxylation sites is 2. The van der Waals surface area contributed by atoms with Crippen LogP contribution in [0, 0.1) is 0 Å². The Morgan fingerprint density at radius 1 is 0.500 bits per heavy atom. The van der Waals surface area contributed by atoms with Gasteiger partial charge in [0.2, 0.25) is 0 Å². The van der Waals surface area contributed by atoms with Crippen LogP contribution in [-0.2, 0) is 97.6 Å². The number of carbonyl (C=O) groups is 3. The molecule has 302 valence electrons. The van der Waals surface area contributed by atoms with E-state index < -0.39 is 23.4 Å². The number of oxime groups is 4. The van der Waals surface area contributed by atoms with Gasteiger partial charge in [0.25, 0.3) is 0 Å². The second-order valence-corrected chi connectivity index (χ2v) is 9.82. The van der Waals surface area contributed by atoms with Crippen molar-refractivity contribution in [3.05, 3.63) is 70.8 Å². The van der Waals surface area contributed by atoms with E-state index in [4.69, 9.17) is 48.6 Å². The number of carbonyl (C=O) groups excluding carboxylic acids is 3. The summed E-state index contributed by atoms with van der Waals surface area (Å²) in [7, 11) is 2.79. The van der Waals surface area contributed by atoms with Gasteiger partial charge >= 0.3 is 58.4 Å². The zero-order valence-corrected chi connectivity index (χ0v) is 41.8. The molecular formula is C35H41N4O16Zn3+. The van der Waals surface area contributed by atoms with Gasteiger partial charge in [-0.25, -0.2) is 0 Å². The topological polar surface area (TPSA) is 327 Å². The average molecular weight is 970 g/mol. The molecule has 3 aromatic rings. The molecule has 0 unspecified atom stereocenters. The minimum absolute atomic E-state index is 0. The number of nitrogens with zero attached hydrogens (tertiary/aromatic N) is 4. The molecule has 0 aliphatic heterocycles. The summed E-state index contributed by atoms with van der Waals surface area (Å²) in [5, 5.41) is 81.0. The third-order valence-electron chi connectivity index (χ3n) is 5.23. The van der Waals surface area contributed by atoms with Crippen LogP contribution in [0.3, 0.4) is 0 Å². The van der Waals surface area contributed by atoms with Gasteiger partial charge in [-0.05, 0) is 62.1 Å². The Hall–Kier alpha value is -5.22. The van der Waals surface area contributed by atoms with E-state index in [0.717, 1.165) is 26.3 Å². The van der Waals surface area contributed by atoms with E-state index in [1.54, 1.807) is 36.4 Å². The van der Waals surface area contributed by atoms with Crippen molar-refractivity contribution in [3.8, 4) is 34.5 Å². The first kappa shape index (κ1) is 62.0. The Labute approximate surface area is 372 Å². The summed E-state index contributed by atoms with van der Waals surface area (Å²) in [6.07, 6.45) is 4.71. The number of hydrogen-bond donors (Lipinski definition) is 0. The molecular weight excluding hydrogens is 929 g/mol. The normalized spacial score (nSPS) is 9.62. The number of hydrogen-bond acceptors (Lipinski definition) is 19. The Bertz CT molecular complexity index is 1600. The van der Waals surface area contributed by atoms with Crippen LogP contribution >= 0.6 is 0 Å². The number of aliphatic carboxylic acids is 2. The zero-order chi connectivity index (χ0) is 40.9. The van der Waals surface area contributed by atoms with Crippen molar-refractivity contribution in [3.63, 3.8) is 0 Å². The van der Waals surface area contributed by atoms with E-state index in [2.05, 4.69) is 20.6 Å². The maximum Gasteiger partial charge on any atom is 2.00 e. The molecule has 20 nitrogen and oxygen atoms in total. The molecule has 3 rings (SSSR count). The second kappa shape index (κ2) is 37.4. The summed E-state index contributed by atoms with van der Waals surface area (Å²) < 4.78 is 9.90. The molecule has 3 N–H and O–H groups in total. The second-order valence-electron chi connectivity index (χ2n) is 9.82. The predicted octanol–water partition coefficient (Wildman–Crippen LogP) is -2.02. The van der Waals surface area contributed by atoms with Crippen molar-refractivity contribution in [1.82, 2.24) is 0 Å². The third-order valence-corrected chi connectivity index (χ3v) is 5.23. The molecule has 0 bridgehead atoms. The fraction of sp³-hybridized carbons (Fsp3) is 0.286. The van der Waals surface area contributed by atoms with E-state index in [0.29, 0.717) is 11.1 Å². The number of ether oxygens (including phenoxy) is 2. The van der Waals surface area contributed by atoms with Gasteiger partial charge in [-0.2, -0.15) is 0 Å². The van der Waals surface area contributed by atoms with Gasteiger partial charge in [0.05, 0.1) is 39.1 Å². The number of carboxylic acid groups (broad SMARTS) is 2. The maximum atomic E-state index is 12.3. The first-order valence-corrected chi connectivity index (χ1v) is 15.3. The molecule has 0 heterocycles. The summed E-state index contributed by atoms with van der Waals surface area (Å²) >= 11 is 0. The molecule has 3 aromatic carbocycles. The molecule has 0 atom stereocenters. The smallest absolute Gasteiger partial charge is 0.872 e. The van der Waals surface area contributed by atoms with Crippen LogP contribution in [0.2, 0.25) is 0 Å². The standard InChI is InChI=1S/C28H30N4O10.C3H6O.2C2H4O2.H2O.3Zn/c1-37-23-7-3-5-19(25(23)33)15-29-39-11-13-41-31-17-21-9-10-22(28(36)27(21)35)18-32-42-14-12-40-30-16-20-6-4-8-24(38-2)26(20)34;1-3(2)4;2*1-2(3)4;;;;/h3-10,15-18,33-36H,11-14H2,1-2H3;1-2H3;2*1H3,(H,3,4);1H2;;;/q;;;;;3*+2/p-5/b29-15+,30-16+,31-17+,32-18+;;;;;;;. The molecule has 0 aromatic heterocycles. The van der Waals surface area contributed by atoms with Gasteiger partial charge in [-0.15, -0.1) is 11.5 Å². The molecule has 0 saturated carbocycles. The summed E-state index contributed by atoms with van der Waals surface area (Å²) in [4.78, 5) is 47.2. The molecule has 0 saturated heterocycles. The fourth-order valence-corrected chi connectivity index (χ4v) is 3.12. The Balaban J connectivity index is -0.000000515. The molecule has 0 amide bonds. The van der Waals surface area contributed by atoms with Gasteiger partial charge in [0.15, 0.2) is 26.4 Å². The molecule has 0 aliphatic rings. The van der Waals surface area contributed by atoms with E-state index in [1.807, 2.05) is 0 Å². The summed E-state index contributed by atoms with van der Waals surface area (Å²) in [5.74, 6) is -3.84. The van der Waals surface area contributed by atoms with Crippen LogP contribution in [-0.4, -0.2) is 83.2 Å². The van der Waals surface area contributed by atoms with Crippen molar-refractivity contribution >= 4 is 42.6 Å². The molecule has 23 heteroatoms. The van der Waals surface area contributed by atoms with E-state index in [9.17, 15) is 25.2 Å². The number of ketones is 1. The first-order valence-electron chi connectivity index (χ1n) is 15.3. The van der Waals surface area contributed by atoms with Crippen LogP contribution in [0.1, 0.15) is 49.9 Å². The first-order chi connectivity index (χ1) is 25.7. The molecule has 0 aliphatic carbocycles. The van der Waals surface area contributed by atoms with Gasteiger partial charge in [0.1, 0.15) is 17.3 Å². The Kier molecular flexibility index (Phi) is 39.9. The SMILES string of the molecule is CC(=O)[O-].CC(=O)[O-].CC(C)=O.COc1cccc(/C=N/OCCO/N=C/c2ccc(/C=N/OCCO/N=C/c3cccc(OC)c3[O-])c([O-])c2[O-])c1[O-].[OH3+].[Zn+2].[Zn+2].[Zn+2]. The molecule has 0 radical (unpaired) electrons. The zero-order valence-electron chi connectivity index (χ0n) is 32.9. The number of methoxy groups -OCH3 is 2. The number of carboxylic acids is 2. The summed E-state index contributed by atoms with van der Waals surface area (Å²) in [5.41, 5.74) is 0.624. The van der Waals surface area contributed by atoms with Crippen molar-refractivity contribution in [1.29, 1.82) is 0 Å². The third kappa shape index (κ3) is 29.1. The van der Waals surface area contributed by atoms with E-state index in [1.165, 1.54) is 52.6 Å². The summed E-state index contributed by atoms with van der Waals surface area (Å²) in [6, 6.07) is 12.3. The Morgan fingerprint density at radius 2 is 0.724 bits per heavy atom. The van der Waals surface area contributed by atoms with Gasteiger partial charge in [0, 0.05) is 11.9 Å². The van der Waals surface area contributed by atoms with Gasteiger partial charge < -0.3 is 79.3 Å². The van der Waals surface area contributed by atoms with Crippen molar-refractivity contribution in [2.45, 2.75) is 27.7 Å². The fourth-order valence-electron chi connectivity index (χ4n) is 3.12. The van der Waals surface area contributed by atoms with Crippen molar-refractivity contribution in [2.24, 2.45) is 20.6 Å². The van der Waals surface area contributed by atoms with Crippen LogP contribution in [0.25, 0.3) is 0 Å². The van der Waals surface area contributed by atoms with Crippen LogP contribution < -0.4 is 40.1 Å². The quantitative estimate of drug-likeness (QED) is 0.0492. The number of rotatable bonds is 16. The monoisotopic (exact) mass is 965 g/mol. The minimum atomic E-state index is -1.08. The Morgan fingerprint density at radius 3 is 0.948 bits per heavy atom. The van der Waals surface area contributed by atoms with Gasteiger partial charge in [-0.3, -0.25) is 0 Å². The largest absolute Gasteiger partial charge is 2.00 e. The van der Waals surface area contributed by atoms with Crippen molar-refractivity contribution in [2.75, 3.05) is 40.6 Å². The van der Waals surface area contributed by atoms with Crippen LogP contribution in [0.4, 0.5) is 0 Å². The van der Waals surface area contributed by atoms with E-state index >= 15 is 0 Å². The molecule has 0 spiro atoms. The van der Waals surface area contributed by atoms with Crippen molar-refractivity contribution < 1.29 is 138 Å². The average Bonchev–Trinajstić information content (AvgIpc) is 3.10. The van der Waals surface area contributed by atoms with E-state index in [-0.39, 0.29) is 130 Å². The predicted molar refractivity (Wildman–Crippen MR) is 187 cm³/mol. The maximum absolute atomic E-state index is 12.3. The van der Waals surface area contributed by atoms with Crippen LogP contribution in [0.15, 0.2) is 69.2 Å². The number of benzene rings is 3. The van der Waals surface area contributed by atoms with Crippen LogP contribution in [0.5, 0.6) is 34.5 Å². The summed E-state index contributed by atoms with van der Waals surface area (Å²) in [6.45, 7) is 5.01. The molecule has 0 fully saturated rings. The minimum Gasteiger partial charge on any atom is -0.872 e. The number of Topliss-reactive ketones (excluding diaryl/α,β-unsaturated/α-hetero) is 1. The molecule has 58 heavy (non-hydrogen) atoms. The van der Waals surface area contributed by atoms with Gasteiger partial charge in [-0.1, -0.05) is 68.5 Å².